The van der Waals surface area contributed by atoms with E-state index < -0.39 is 29.9 Å². The molecule has 2 atom stereocenters. The number of rotatable bonds is 3. The van der Waals surface area contributed by atoms with Crippen LogP contribution >= 0.6 is 0 Å². The van der Waals surface area contributed by atoms with Crippen molar-refractivity contribution in [3.05, 3.63) is 42.2 Å². The van der Waals surface area contributed by atoms with Crippen LogP contribution in [-0.2, 0) is 19.1 Å². The number of methoxy groups -OCH3 is 1. The van der Waals surface area contributed by atoms with Crippen LogP contribution in [0.5, 0.6) is 0 Å². The maximum atomic E-state index is 13.3. The van der Waals surface area contributed by atoms with Gasteiger partial charge in [0.2, 0.25) is 5.91 Å². The molecule has 0 spiro atoms. The molecule has 1 aromatic carbocycles. The number of carbonyl (C=O) groups is 4. The van der Waals surface area contributed by atoms with Crippen molar-refractivity contribution in [3.8, 4) is 0 Å². The van der Waals surface area contributed by atoms with Gasteiger partial charge in [-0.3, -0.25) is 24.4 Å². The third-order valence-corrected chi connectivity index (χ3v) is 5.53. The Bertz CT molecular complexity index is 1020. The first kappa shape index (κ1) is 19.8. The molecule has 3 amide bonds. The summed E-state index contributed by atoms with van der Waals surface area (Å²) in [5.74, 6) is -1.83. The highest BCUT2D eigenvalue weighted by Crippen LogP contribution is 2.26. The molecule has 3 heterocycles. The van der Waals surface area contributed by atoms with Crippen LogP contribution in [-0.4, -0.2) is 64.4 Å². The highest BCUT2D eigenvalue weighted by molar-refractivity contribution is 6.06. The molecular formula is C21H22N4O5. The second kappa shape index (κ2) is 8.10. The Kier molecular flexibility index (Phi) is 5.35. The zero-order valence-electron chi connectivity index (χ0n) is 16.5. The number of hydrogen-bond acceptors (Lipinski definition) is 6. The Morgan fingerprint density at radius 2 is 1.97 bits per heavy atom. The second-order valence-electron chi connectivity index (χ2n) is 7.33. The highest BCUT2D eigenvalue weighted by atomic mass is 16.5. The summed E-state index contributed by atoms with van der Waals surface area (Å²) in [6, 6.07) is 7.30. The van der Waals surface area contributed by atoms with Crippen molar-refractivity contribution in [2.75, 3.05) is 13.7 Å². The highest BCUT2D eigenvalue weighted by Gasteiger charge is 2.45. The summed E-state index contributed by atoms with van der Waals surface area (Å²) < 4.78 is 4.83. The van der Waals surface area contributed by atoms with E-state index in [0.29, 0.717) is 24.8 Å². The molecule has 2 aromatic rings. The SMILES string of the molecule is COC(=O)[C@@H]1CCCN2C(=O)CC[C@H](NC(=O)c3nccc4ccccc34)C(=O)N12. The lowest BCUT2D eigenvalue weighted by Crippen LogP contribution is -2.62. The van der Waals surface area contributed by atoms with Crippen molar-refractivity contribution in [1.29, 1.82) is 0 Å². The third-order valence-electron chi connectivity index (χ3n) is 5.53. The van der Waals surface area contributed by atoms with Gasteiger partial charge >= 0.3 is 5.97 Å². The van der Waals surface area contributed by atoms with E-state index in [1.54, 1.807) is 12.1 Å². The van der Waals surface area contributed by atoms with E-state index in [1.807, 2.05) is 18.2 Å². The molecule has 9 nitrogen and oxygen atoms in total. The number of ether oxygens (including phenoxy) is 1. The summed E-state index contributed by atoms with van der Waals surface area (Å²) in [6.07, 6.45) is 2.76. The number of carbonyl (C=O) groups excluding carboxylic acids is 4. The van der Waals surface area contributed by atoms with Gasteiger partial charge in [0.1, 0.15) is 11.7 Å². The van der Waals surface area contributed by atoms with Gasteiger partial charge in [-0.1, -0.05) is 24.3 Å². The zero-order valence-corrected chi connectivity index (χ0v) is 16.5. The van der Waals surface area contributed by atoms with Crippen LogP contribution < -0.4 is 5.32 Å². The molecule has 0 radical (unpaired) electrons. The normalized spacial score (nSPS) is 21.8. The first-order chi connectivity index (χ1) is 14.5. The number of nitrogens with one attached hydrogen (secondary N) is 1. The average molecular weight is 410 g/mol. The summed E-state index contributed by atoms with van der Waals surface area (Å²) in [5, 5.41) is 6.74. The smallest absolute Gasteiger partial charge is 0.330 e. The van der Waals surface area contributed by atoms with E-state index in [0.717, 1.165) is 5.39 Å². The fourth-order valence-electron chi connectivity index (χ4n) is 4.04. The van der Waals surface area contributed by atoms with Crippen LogP contribution in [0.1, 0.15) is 36.2 Å². The summed E-state index contributed by atoms with van der Waals surface area (Å²) in [4.78, 5) is 55.2. The van der Waals surface area contributed by atoms with E-state index >= 15 is 0 Å². The first-order valence-corrected chi connectivity index (χ1v) is 9.87. The molecule has 1 N–H and O–H groups in total. The Morgan fingerprint density at radius 1 is 1.17 bits per heavy atom. The fourth-order valence-corrected chi connectivity index (χ4v) is 4.04. The van der Waals surface area contributed by atoms with E-state index in [9.17, 15) is 19.2 Å². The van der Waals surface area contributed by atoms with Gasteiger partial charge in [0.25, 0.3) is 11.8 Å². The van der Waals surface area contributed by atoms with Gasteiger partial charge in [-0.2, -0.15) is 0 Å². The van der Waals surface area contributed by atoms with Crippen LogP contribution in [0.15, 0.2) is 36.5 Å². The van der Waals surface area contributed by atoms with Crippen LogP contribution in [0.25, 0.3) is 10.8 Å². The van der Waals surface area contributed by atoms with Gasteiger partial charge in [0, 0.05) is 24.5 Å². The molecule has 2 saturated heterocycles. The lowest BCUT2D eigenvalue weighted by Gasteiger charge is -2.42. The lowest BCUT2D eigenvalue weighted by molar-refractivity contribution is -0.181. The Labute approximate surface area is 172 Å². The largest absolute Gasteiger partial charge is 0.467 e. The molecule has 30 heavy (non-hydrogen) atoms. The molecule has 1 aromatic heterocycles. The Balaban J connectivity index is 1.62. The molecule has 0 saturated carbocycles. The fraction of sp³-hybridized carbons (Fsp3) is 0.381. The maximum absolute atomic E-state index is 13.3. The van der Waals surface area contributed by atoms with Crippen molar-refractivity contribution in [1.82, 2.24) is 20.3 Å². The second-order valence-corrected chi connectivity index (χ2v) is 7.33. The van der Waals surface area contributed by atoms with Crippen molar-refractivity contribution >= 4 is 34.5 Å². The minimum absolute atomic E-state index is 0.0873. The standard InChI is InChI=1S/C21H22N4O5/c1-30-21(29)16-7-4-12-24-17(26)9-8-15(20(28)25(16)24)23-19(27)18-14-6-3-2-5-13(14)10-11-22-18/h2-3,5-6,10-11,15-16H,4,7-9,12H2,1H3,(H,23,27)/t15-,16-/m0/s1. The topological polar surface area (TPSA) is 109 Å². The number of aromatic nitrogens is 1. The molecule has 0 aliphatic carbocycles. The summed E-state index contributed by atoms with van der Waals surface area (Å²) >= 11 is 0. The van der Waals surface area contributed by atoms with Crippen molar-refractivity contribution < 1.29 is 23.9 Å². The van der Waals surface area contributed by atoms with Crippen molar-refractivity contribution in [2.24, 2.45) is 0 Å². The maximum Gasteiger partial charge on any atom is 0.330 e. The third kappa shape index (κ3) is 3.47. The Morgan fingerprint density at radius 3 is 2.77 bits per heavy atom. The number of hydrogen-bond donors (Lipinski definition) is 1. The lowest BCUT2D eigenvalue weighted by atomic mass is 10.1. The molecule has 4 rings (SSSR count). The molecule has 2 aliphatic heterocycles. The predicted octanol–water partition coefficient (Wildman–Crippen LogP) is 1.03. The summed E-state index contributed by atoms with van der Waals surface area (Å²) in [6.45, 7) is 0.351. The number of hydrazine groups is 1. The van der Waals surface area contributed by atoms with Crippen LogP contribution in [0.2, 0.25) is 0 Å². The molecule has 2 aliphatic rings. The van der Waals surface area contributed by atoms with Crippen LogP contribution in [0, 0.1) is 0 Å². The van der Waals surface area contributed by atoms with Gasteiger partial charge in [0.15, 0.2) is 6.04 Å². The van der Waals surface area contributed by atoms with Crippen molar-refractivity contribution in [2.45, 2.75) is 37.8 Å². The van der Waals surface area contributed by atoms with Gasteiger partial charge in [-0.25, -0.2) is 9.80 Å². The summed E-state index contributed by atoms with van der Waals surface area (Å²) in [7, 11) is 1.25. The molecule has 2 fully saturated rings. The first-order valence-electron chi connectivity index (χ1n) is 9.87. The van der Waals surface area contributed by atoms with Crippen LogP contribution in [0.4, 0.5) is 0 Å². The number of benzene rings is 1. The molecular weight excluding hydrogens is 388 g/mol. The van der Waals surface area contributed by atoms with E-state index in [-0.39, 0.29) is 24.4 Å². The van der Waals surface area contributed by atoms with E-state index in [1.165, 1.54) is 23.3 Å². The Hall–Kier alpha value is -3.49. The predicted molar refractivity (Wildman–Crippen MR) is 106 cm³/mol. The molecule has 0 unspecified atom stereocenters. The number of esters is 1. The van der Waals surface area contributed by atoms with Gasteiger partial charge in [-0.15, -0.1) is 0 Å². The van der Waals surface area contributed by atoms with Gasteiger partial charge in [-0.05, 0) is 30.7 Å². The van der Waals surface area contributed by atoms with Gasteiger partial charge in [0.05, 0.1) is 7.11 Å². The van der Waals surface area contributed by atoms with E-state index in [2.05, 4.69) is 10.3 Å². The number of amides is 3. The quantitative estimate of drug-likeness (QED) is 0.758. The monoisotopic (exact) mass is 410 g/mol. The van der Waals surface area contributed by atoms with Crippen LogP contribution in [0.3, 0.4) is 0 Å². The minimum atomic E-state index is -0.947. The van der Waals surface area contributed by atoms with Crippen molar-refractivity contribution in [3.63, 3.8) is 0 Å². The molecule has 156 valence electrons. The average Bonchev–Trinajstić information content (AvgIpc) is 2.90. The van der Waals surface area contributed by atoms with Gasteiger partial charge < -0.3 is 10.1 Å². The van der Waals surface area contributed by atoms with E-state index in [4.69, 9.17) is 4.74 Å². The number of pyridine rings is 1. The molecule has 9 heteroatoms. The molecule has 0 bridgehead atoms. The number of nitrogens with zero attached hydrogens (tertiary/aromatic N) is 3. The zero-order chi connectivity index (χ0) is 21.3. The number of fused-ring (bicyclic) bond motifs is 2. The summed E-state index contributed by atoms with van der Waals surface area (Å²) in [5.41, 5.74) is 0.205. The minimum Gasteiger partial charge on any atom is -0.467 e.